The minimum atomic E-state index is -0.709. The van der Waals surface area contributed by atoms with E-state index in [4.69, 9.17) is 16.3 Å². The molecule has 1 fully saturated rings. The zero-order valence-electron chi connectivity index (χ0n) is 13.3. The lowest BCUT2D eigenvalue weighted by Gasteiger charge is -2.39. The molecule has 2 N–H and O–H groups in total. The molecule has 1 atom stereocenters. The van der Waals surface area contributed by atoms with Gasteiger partial charge in [-0.1, -0.05) is 41.9 Å². The first kappa shape index (κ1) is 17.4. The summed E-state index contributed by atoms with van der Waals surface area (Å²) in [5.41, 5.74) is 1.39. The lowest BCUT2D eigenvalue weighted by atomic mass is 9.82. The summed E-state index contributed by atoms with van der Waals surface area (Å²) in [6.45, 7) is 1.63. The Morgan fingerprint density at radius 2 is 1.79 bits per heavy atom. The van der Waals surface area contributed by atoms with Gasteiger partial charge in [0.1, 0.15) is 5.82 Å². The Hall–Kier alpha value is -1.46. The van der Waals surface area contributed by atoms with Crippen molar-refractivity contribution in [1.82, 2.24) is 5.32 Å². The molecule has 1 aliphatic rings. The van der Waals surface area contributed by atoms with Crippen LogP contribution in [0.1, 0.15) is 30.1 Å². The van der Waals surface area contributed by atoms with E-state index in [1.54, 1.807) is 18.2 Å². The van der Waals surface area contributed by atoms with Crippen LogP contribution in [0.4, 0.5) is 4.39 Å². The van der Waals surface area contributed by atoms with Gasteiger partial charge in [0.15, 0.2) is 0 Å². The number of hydrogen-bond acceptors (Lipinski definition) is 3. The van der Waals surface area contributed by atoms with E-state index >= 15 is 0 Å². The third-order valence-corrected chi connectivity index (χ3v) is 4.99. The second kappa shape index (κ2) is 7.62. The first-order valence-electron chi connectivity index (χ1n) is 8.12. The molecule has 1 aliphatic heterocycles. The molecular formula is C19H21ClFNO2. The largest absolute Gasteiger partial charge is 0.387 e. The summed E-state index contributed by atoms with van der Waals surface area (Å²) in [5.74, 6) is -0.253. The van der Waals surface area contributed by atoms with Crippen molar-refractivity contribution in [3.05, 3.63) is 70.5 Å². The van der Waals surface area contributed by atoms with Gasteiger partial charge < -0.3 is 15.2 Å². The highest BCUT2D eigenvalue weighted by Gasteiger charge is 2.34. The third-order valence-electron chi connectivity index (χ3n) is 4.64. The quantitative estimate of drug-likeness (QED) is 0.862. The molecule has 0 radical (unpaired) electrons. The third kappa shape index (κ3) is 3.78. The summed E-state index contributed by atoms with van der Waals surface area (Å²) in [6, 6.07) is 13.8. The van der Waals surface area contributed by atoms with E-state index in [1.807, 2.05) is 18.2 Å². The first-order valence-corrected chi connectivity index (χ1v) is 8.50. The van der Waals surface area contributed by atoms with Gasteiger partial charge in [-0.25, -0.2) is 4.39 Å². The van der Waals surface area contributed by atoms with Crippen LogP contribution in [0.15, 0.2) is 48.5 Å². The molecule has 128 valence electrons. The molecule has 24 heavy (non-hydrogen) atoms. The second-order valence-electron chi connectivity index (χ2n) is 6.12. The highest BCUT2D eigenvalue weighted by Crippen LogP contribution is 2.33. The van der Waals surface area contributed by atoms with E-state index in [2.05, 4.69) is 5.32 Å². The summed E-state index contributed by atoms with van der Waals surface area (Å²) in [6.07, 6.45) is 0.834. The number of benzene rings is 2. The Kier molecular flexibility index (Phi) is 5.51. The zero-order chi connectivity index (χ0) is 17.0. The number of aliphatic hydroxyl groups excluding tert-OH is 1. The molecule has 1 unspecified atom stereocenters. The summed E-state index contributed by atoms with van der Waals surface area (Å²) in [4.78, 5) is 0. The lowest BCUT2D eigenvalue weighted by molar-refractivity contribution is 0.0299. The van der Waals surface area contributed by atoms with Crippen molar-refractivity contribution < 1.29 is 14.2 Å². The topological polar surface area (TPSA) is 41.5 Å². The molecule has 2 aromatic rings. The van der Waals surface area contributed by atoms with Gasteiger partial charge in [0.2, 0.25) is 0 Å². The second-order valence-corrected chi connectivity index (χ2v) is 6.53. The molecule has 0 bridgehead atoms. The van der Waals surface area contributed by atoms with Gasteiger partial charge >= 0.3 is 0 Å². The van der Waals surface area contributed by atoms with Crippen LogP contribution in [-0.2, 0) is 10.3 Å². The van der Waals surface area contributed by atoms with E-state index in [9.17, 15) is 9.50 Å². The molecule has 5 heteroatoms. The number of ether oxygens (including phenoxy) is 1. The fourth-order valence-corrected chi connectivity index (χ4v) is 3.47. The fraction of sp³-hybridized carbons (Fsp3) is 0.368. The lowest BCUT2D eigenvalue weighted by Crippen LogP contribution is -2.48. The van der Waals surface area contributed by atoms with Crippen LogP contribution in [0.2, 0.25) is 5.02 Å². The smallest absolute Gasteiger partial charge is 0.123 e. The van der Waals surface area contributed by atoms with Gasteiger partial charge in [-0.3, -0.25) is 0 Å². The van der Waals surface area contributed by atoms with Crippen LogP contribution in [-0.4, -0.2) is 24.9 Å². The number of halogens is 2. The van der Waals surface area contributed by atoms with E-state index in [0.717, 1.165) is 18.4 Å². The SMILES string of the molecule is OC(CNC1(c2ccc(F)cc2)CCOCC1)c1ccccc1Cl. The van der Waals surface area contributed by atoms with Crippen molar-refractivity contribution in [3.63, 3.8) is 0 Å². The molecule has 1 heterocycles. The minimum Gasteiger partial charge on any atom is -0.387 e. The van der Waals surface area contributed by atoms with Crippen LogP contribution in [0.25, 0.3) is 0 Å². The van der Waals surface area contributed by atoms with Crippen LogP contribution in [0.3, 0.4) is 0 Å². The van der Waals surface area contributed by atoms with Crippen LogP contribution in [0.5, 0.6) is 0 Å². The van der Waals surface area contributed by atoms with Gasteiger partial charge in [-0.2, -0.15) is 0 Å². The molecule has 0 aliphatic carbocycles. The van der Waals surface area contributed by atoms with Gasteiger partial charge in [-0.05, 0) is 36.6 Å². The fourth-order valence-electron chi connectivity index (χ4n) is 3.20. The van der Waals surface area contributed by atoms with Crippen LogP contribution >= 0.6 is 11.6 Å². The minimum absolute atomic E-state index is 0.253. The highest BCUT2D eigenvalue weighted by molar-refractivity contribution is 6.31. The van der Waals surface area contributed by atoms with Crippen molar-refractivity contribution in [3.8, 4) is 0 Å². The average molecular weight is 350 g/mol. The van der Waals surface area contributed by atoms with E-state index in [1.165, 1.54) is 12.1 Å². The Balaban J connectivity index is 1.78. The Morgan fingerprint density at radius 3 is 2.46 bits per heavy atom. The number of rotatable bonds is 5. The molecule has 2 aromatic carbocycles. The summed E-state index contributed by atoms with van der Waals surface area (Å²) >= 11 is 6.16. The molecule has 3 rings (SSSR count). The predicted octanol–water partition coefficient (Wildman–Crippen LogP) is 3.81. The van der Waals surface area contributed by atoms with Crippen molar-refractivity contribution in [1.29, 1.82) is 0 Å². The maximum absolute atomic E-state index is 13.3. The van der Waals surface area contributed by atoms with Gasteiger partial charge in [0.05, 0.1) is 6.10 Å². The van der Waals surface area contributed by atoms with Gasteiger partial charge in [-0.15, -0.1) is 0 Å². The van der Waals surface area contributed by atoms with E-state index in [0.29, 0.717) is 30.3 Å². The van der Waals surface area contributed by atoms with E-state index < -0.39 is 6.10 Å². The molecule has 0 aromatic heterocycles. The highest BCUT2D eigenvalue weighted by atomic mass is 35.5. The maximum atomic E-state index is 13.3. The Morgan fingerprint density at radius 1 is 1.12 bits per heavy atom. The van der Waals surface area contributed by atoms with Crippen LogP contribution in [0, 0.1) is 5.82 Å². The van der Waals surface area contributed by atoms with Crippen molar-refractivity contribution in [2.45, 2.75) is 24.5 Å². The van der Waals surface area contributed by atoms with Gasteiger partial charge in [0.25, 0.3) is 0 Å². The van der Waals surface area contributed by atoms with Crippen molar-refractivity contribution >= 4 is 11.6 Å². The number of hydrogen-bond donors (Lipinski definition) is 2. The van der Waals surface area contributed by atoms with E-state index in [-0.39, 0.29) is 11.4 Å². The van der Waals surface area contributed by atoms with Crippen molar-refractivity contribution in [2.75, 3.05) is 19.8 Å². The molecule has 1 saturated heterocycles. The Labute approximate surface area is 146 Å². The standard InChI is InChI=1S/C19H21ClFNO2/c20-17-4-2-1-3-16(17)18(23)13-22-19(9-11-24-12-10-19)14-5-7-15(21)8-6-14/h1-8,18,22-23H,9-13H2. The average Bonchev–Trinajstić information content (AvgIpc) is 2.61. The number of nitrogens with one attached hydrogen (secondary N) is 1. The Bertz CT molecular complexity index is 671. The molecule has 0 saturated carbocycles. The number of aliphatic hydroxyl groups is 1. The van der Waals surface area contributed by atoms with Gasteiger partial charge in [0, 0.05) is 35.9 Å². The van der Waals surface area contributed by atoms with Crippen molar-refractivity contribution in [2.24, 2.45) is 0 Å². The first-order chi connectivity index (χ1) is 11.6. The summed E-state index contributed by atoms with van der Waals surface area (Å²) in [5, 5.41) is 14.5. The maximum Gasteiger partial charge on any atom is 0.123 e. The van der Waals surface area contributed by atoms with Crippen LogP contribution < -0.4 is 5.32 Å². The molecule has 0 amide bonds. The molecule has 3 nitrogen and oxygen atoms in total. The monoisotopic (exact) mass is 349 g/mol. The summed E-state index contributed by atoms with van der Waals surface area (Å²) in [7, 11) is 0. The predicted molar refractivity (Wildman–Crippen MR) is 92.5 cm³/mol. The molecular weight excluding hydrogens is 329 g/mol. The molecule has 0 spiro atoms. The zero-order valence-corrected chi connectivity index (χ0v) is 14.1. The summed E-state index contributed by atoms with van der Waals surface area (Å²) < 4.78 is 18.7. The normalized spacial score (nSPS) is 18.3.